The fourth-order valence-electron chi connectivity index (χ4n) is 2.87. The van der Waals surface area contributed by atoms with Crippen LogP contribution in [0.1, 0.15) is 22.4 Å². The van der Waals surface area contributed by atoms with Crippen molar-refractivity contribution in [3.63, 3.8) is 0 Å². The SMILES string of the molecule is COc1ccc2c(c1)CC(O)(Cc1ccc(Cl)s1)CC2. The summed E-state index contributed by atoms with van der Waals surface area (Å²) >= 11 is 7.51. The second kappa shape index (κ2) is 5.40. The molecule has 1 atom stereocenters. The molecule has 0 aliphatic heterocycles. The highest BCUT2D eigenvalue weighted by Crippen LogP contribution is 2.35. The van der Waals surface area contributed by atoms with E-state index in [1.165, 1.54) is 11.1 Å². The standard InChI is InChI=1S/C16H17ClO2S/c1-19-13-3-2-11-6-7-16(18,9-12(11)8-13)10-14-4-5-15(17)20-14/h2-5,8,18H,6-7,9-10H2,1H3. The molecule has 2 aromatic rings. The average molecular weight is 309 g/mol. The van der Waals surface area contributed by atoms with E-state index < -0.39 is 5.60 Å². The molecule has 1 aliphatic rings. The van der Waals surface area contributed by atoms with Crippen LogP contribution in [0.15, 0.2) is 30.3 Å². The smallest absolute Gasteiger partial charge is 0.119 e. The third-order valence-electron chi connectivity index (χ3n) is 3.92. The molecule has 20 heavy (non-hydrogen) atoms. The normalized spacial score (nSPS) is 21.6. The number of aryl methyl sites for hydroxylation is 1. The second-order valence-corrected chi connectivity index (χ2v) is 7.22. The zero-order valence-corrected chi connectivity index (χ0v) is 12.9. The maximum atomic E-state index is 10.9. The zero-order chi connectivity index (χ0) is 14.2. The molecular formula is C16H17ClO2S. The van der Waals surface area contributed by atoms with Crippen LogP contribution in [-0.4, -0.2) is 17.8 Å². The fraction of sp³-hybridized carbons (Fsp3) is 0.375. The summed E-state index contributed by atoms with van der Waals surface area (Å²) in [5.41, 5.74) is 1.84. The highest BCUT2D eigenvalue weighted by atomic mass is 35.5. The number of aliphatic hydroxyl groups is 1. The largest absolute Gasteiger partial charge is 0.497 e. The van der Waals surface area contributed by atoms with Gasteiger partial charge < -0.3 is 9.84 Å². The van der Waals surface area contributed by atoms with E-state index in [4.69, 9.17) is 16.3 Å². The van der Waals surface area contributed by atoms with Crippen LogP contribution in [0.3, 0.4) is 0 Å². The van der Waals surface area contributed by atoms with E-state index in [0.717, 1.165) is 27.8 Å². The summed E-state index contributed by atoms with van der Waals surface area (Å²) in [7, 11) is 1.67. The molecule has 1 aromatic heterocycles. The van der Waals surface area contributed by atoms with Gasteiger partial charge in [0.25, 0.3) is 0 Å². The minimum atomic E-state index is -0.673. The highest BCUT2D eigenvalue weighted by Gasteiger charge is 2.32. The number of benzene rings is 1. The predicted molar refractivity (Wildman–Crippen MR) is 83.0 cm³/mol. The van der Waals surface area contributed by atoms with Gasteiger partial charge in [-0.2, -0.15) is 0 Å². The van der Waals surface area contributed by atoms with E-state index in [1.807, 2.05) is 24.3 Å². The first-order valence-corrected chi connectivity index (χ1v) is 7.90. The number of rotatable bonds is 3. The van der Waals surface area contributed by atoms with E-state index in [1.54, 1.807) is 18.4 Å². The molecule has 0 saturated carbocycles. The maximum absolute atomic E-state index is 10.9. The number of thiophene rings is 1. The van der Waals surface area contributed by atoms with Crippen molar-refractivity contribution in [3.8, 4) is 5.75 Å². The molecule has 1 N–H and O–H groups in total. The third-order valence-corrected chi connectivity index (χ3v) is 5.16. The van der Waals surface area contributed by atoms with Crippen molar-refractivity contribution >= 4 is 22.9 Å². The minimum Gasteiger partial charge on any atom is -0.497 e. The van der Waals surface area contributed by atoms with Crippen LogP contribution in [-0.2, 0) is 19.3 Å². The Hall–Kier alpha value is -1.03. The van der Waals surface area contributed by atoms with Gasteiger partial charge in [0.05, 0.1) is 17.0 Å². The lowest BCUT2D eigenvalue weighted by Crippen LogP contribution is -2.37. The Morgan fingerprint density at radius 3 is 2.85 bits per heavy atom. The van der Waals surface area contributed by atoms with E-state index in [0.29, 0.717) is 12.8 Å². The van der Waals surface area contributed by atoms with Crippen LogP contribution >= 0.6 is 22.9 Å². The first-order chi connectivity index (χ1) is 9.58. The fourth-order valence-corrected chi connectivity index (χ4v) is 4.09. The Morgan fingerprint density at radius 1 is 1.30 bits per heavy atom. The van der Waals surface area contributed by atoms with Gasteiger partial charge in [-0.1, -0.05) is 17.7 Å². The first kappa shape index (κ1) is 13.9. The molecule has 2 nitrogen and oxygen atoms in total. The number of methoxy groups -OCH3 is 1. The highest BCUT2D eigenvalue weighted by molar-refractivity contribution is 7.16. The summed E-state index contributed by atoms with van der Waals surface area (Å²) in [5.74, 6) is 0.854. The summed E-state index contributed by atoms with van der Waals surface area (Å²) in [6.07, 6.45) is 3.05. The van der Waals surface area contributed by atoms with Gasteiger partial charge in [-0.15, -0.1) is 11.3 Å². The molecule has 0 amide bonds. The molecule has 0 spiro atoms. The molecule has 0 radical (unpaired) electrons. The van der Waals surface area contributed by atoms with Crippen molar-refractivity contribution in [1.82, 2.24) is 0 Å². The Labute approximate surface area is 128 Å². The Bertz CT molecular complexity index is 623. The predicted octanol–water partition coefficient (Wildman–Crippen LogP) is 3.87. The van der Waals surface area contributed by atoms with Crippen LogP contribution < -0.4 is 4.74 Å². The van der Waals surface area contributed by atoms with Crippen molar-refractivity contribution in [2.24, 2.45) is 0 Å². The van der Waals surface area contributed by atoms with Crippen LogP contribution in [0.2, 0.25) is 4.34 Å². The molecule has 1 heterocycles. The zero-order valence-electron chi connectivity index (χ0n) is 11.4. The van der Waals surface area contributed by atoms with Crippen molar-refractivity contribution in [2.75, 3.05) is 7.11 Å². The van der Waals surface area contributed by atoms with Crippen molar-refractivity contribution in [2.45, 2.75) is 31.3 Å². The van der Waals surface area contributed by atoms with E-state index in [2.05, 4.69) is 6.07 Å². The summed E-state index contributed by atoms with van der Waals surface area (Å²) in [4.78, 5) is 1.14. The second-order valence-electron chi connectivity index (χ2n) is 5.42. The van der Waals surface area contributed by atoms with Crippen LogP contribution in [0.4, 0.5) is 0 Å². The topological polar surface area (TPSA) is 29.5 Å². The Kier molecular flexibility index (Phi) is 3.76. The molecule has 3 rings (SSSR count). The molecule has 1 aliphatic carbocycles. The Balaban J connectivity index is 1.82. The van der Waals surface area contributed by atoms with Gasteiger partial charge in [-0.25, -0.2) is 0 Å². The van der Waals surface area contributed by atoms with Gasteiger partial charge in [0.1, 0.15) is 5.75 Å². The lowest BCUT2D eigenvalue weighted by molar-refractivity contribution is 0.0274. The molecule has 0 saturated heterocycles. The number of hydrogen-bond donors (Lipinski definition) is 1. The maximum Gasteiger partial charge on any atom is 0.119 e. The number of hydrogen-bond acceptors (Lipinski definition) is 3. The van der Waals surface area contributed by atoms with E-state index in [9.17, 15) is 5.11 Å². The number of fused-ring (bicyclic) bond motifs is 1. The van der Waals surface area contributed by atoms with E-state index in [-0.39, 0.29) is 0 Å². The third kappa shape index (κ3) is 2.85. The molecule has 0 bridgehead atoms. The van der Waals surface area contributed by atoms with Crippen molar-refractivity contribution in [1.29, 1.82) is 0 Å². The number of halogens is 1. The summed E-state index contributed by atoms with van der Waals surface area (Å²) in [6, 6.07) is 10.0. The molecular weight excluding hydrogens is 292 g/mol. The van der Waals surface area contributed by atoms with Crippen molar-refractivity contribution < 1.29 is 9.84 Å². The number of ether oxygens (including phenoxy) is 1. The summed E-state index contributed by atoms with van der Waals surface area (Å²) < 4.78 is 6.05. The molecule has 0 fully saturated rings. The molecule has 4 heteroatoms. The van der Waals surface area contributed by atoms with Gasteiger partial charge in [-0.3, -0.25) is 0 Å². The molecule has 1 aromatic carbocycles. The summed E-state index contributed by atoms with van der Waals surface area (Å²) in [5, 5.41) is 10.9. The van der Waals surface area contributed by atoms with Crippen LogP contribution in [0.25, 0.3) is 0 Å². The van der Waals surface area contributed by atoms with Crippen molar-refractivity contribution in [3.05, 3.63) is 50.7 Å². The van der Waals surface area contributed by atoms with Gasteiger partial charge in [0.2, 0.25) is 0 Å². The molecule has 106 valence electrons. The lowest BCUT2D eigenvalue weighted by atomic mass is 9.78. The first-order valence-electron chi connectivity index (χ1n) is 6.70. The van der Waals surface area contributed by atoms with Crippen LogP contribution in [0.5, 0.6) is 5.75 Å². The quantitative estimate of drug-likeness (QED) is 0.932. The van der Waals surface area contributed by atoms with Gasteiger partial charge in [-0.05, 0) is 48.2 Å². The average Bonchev–Trinajstić information content (AvgIpc) is 2.82. The summed E-state index contributed by atoms with van der Waals surface area (Å²) in [6.45, 7) is 0. The molecule has 1 unspecified atom stereocenters. The lowest BCUT2D eigenvalue weighted by Gasteiger charge is -2.33. The van der Waals surface area contributed by atoms with Gasteiger partial charge in [0.15, 0.2) is 0 Å². The van der Waals surface area contributed by atoms with Gasteiger partial charge in [0, 0.05) is 17.7 Å². The van der Waals surface area contributed by atoms with E-state index >= 15 is 0 Å². The monoisotopic (exact) mass is 308 g/mol. The minimum absolute atomic E-state index is 0.668. The Morgan fingerprint density at radius 2 is 2.15 bits per heavy atom. The van der Waals surface area contributed by atoms with Gasteiger partial charge >= 0.3 is 0 Å². The van der Waals surface area contributed by atoms with Crippen LogP contribution in [0, 0.1) is 0 Å².